The average molecular weight is 443 g/mol. The van der Waals surface area contributed by atoms with Gasteiger partial charge in [-0.3, -0.25) is 14.3 Å². The molecule has 2 bridgehead atoms. The molecule has 0 N–H and O–H groups in total. The van der Waals surface area contributed by atoms with Crippen LogP contribution in [0.5, 0.6) is 0 Å². The van der Waals surface area contributed by atoms with Crippen molar-refractivity contribution in [3.63, 3.8) is 0 Å². The first-order chi connectivity index (χ1) is 13.8. The fourth-order valence-electron chi connectivity index (χ4n) is 5.13. The van der Waals surface area contributed by atoms with Crippen LogP contribution in [-0.4, -0.2) is 68.5 Å². The van der Waals surface area contributed by atoms with Crippen LogP contribution in [0.25, 0.3) is 0 Å². The SMILES string of the molecule is COC1CCCC1C(=O)N=S1(=O)CC2CC(CN(C(=O)c3c(Cl)cnn3C)C2)C1. The van der Waals surface area contributed by atoms with Gasteiger partial charge in [0.1, 0.15) is 5.69 Å². The van der Waals surface area contributed by atoms with E-state index in [1.807, 2.05) is 0 Å². The highest BCUT2D eigenvalue weighted by molar-refractivity contribution is 7.93. The Balaban J connectivity index is 1.48. The summed E-state index contributed by atoms with van der Waals surface area (Å²) in [6.45, 7) is 1.00. The van der Waals surface area contributed by atoms with E-state index in [1.54, 1.807) is 19.1 Å². The van der Waals surface area contributed by atoms with Gasteiger partial charge in [0, 0.05) is 38.8 Å². The number of ether oxygens (including phenoxy) is 1. The maximum Gasteiger partial charge on any atom is 0.273 e. The summed E-state index contributed by atoms with van der Waals surface area (Å²) in [7, 11) is 0.706. The van der Waals surface area contributed by atoms with E-state index in [0.29, 0.717) is 35.3 Å². The van der Waals surface area contributed by atoms with E-state index in [9.17, 15) is 13.8 Å². The lowest BCUT2D eigenvalue weighted by molar-refractivity contribution is -0.124. The Bertz CT molecular complexity index is 899. The number of rotatable bonds is 3. The molecule has 3 heterocycles. The van der Waals surface area contributed by atoms with Crippen molar-refractivity contribution in [3.8, 4) is 0 Å². The Hall–Kier alpha value is -1.45. The van der Waals surface area contributed by atoms with Gasteiger partial charge in [-0.25, -0.2) is 4.21 Å². The van der Waals surface area contributed by atoms with Crippen LogP contribution in [-0.2, 0) is 26.3 Å². The molecule has 2 saturated heterocycles. The van der Waals surface area contributed by atoms with Crippen LogP contribution in [0.4, 0.5) is 0 Å². The van der Waals surface area contributed by atoms with Gasteiger partial charge in [0.15, 0.2) is 0 Å². The van der Waals surface area contributed by atoms with Crippen LogP contribution in [0.15, 0.2) is 10.6 Å². The molecule has 3 fully saturated rings. The largest absolute Gasteiger partial charge is 0.381 e. The molecule has 160 valence electrons. The van der Waals surface area contributed by atoms with Crippen molar-refractivity contribution in [1.29, 1.82) is 0 Å². The number of halogens is 1. The van der Waals surface area contributed by atoms with Crippen molar-refractivity contribution in [2.24, 2.45) is 29.2 Å². The molecule has 4 atom stereocenters. The monoisotopic (exact) mass is 442 g/mol. The number of aryl methyl sites for hydroxylation is 1. The standard InChI is InChI=1S/C19H27ClN4O4S/c1-23-17(15(20)7-21-23)19(26)24-8-12-6-13(9-24)11-29(27,10-12)22-18(25)14-4-3-5-16(14)28-2/h7,12-14,16H,3-6,8-11H2,1-2H3. The molecule has 8 nitrogen and oxygen atoms in total. The summed E-state index contributed by atoms with van der Waals surface area (Å²) >= 11 is 6.13. The summed E-state index contributed by atoms with van der Waals surface area (Å²) in [5.74, 6) is 0.179. The lowest BCUT2D eigenvalue weighted by Gasteiger charge is -2.42. The van der Waals surface area contributed by atoms with E-state index in [-0.39, 0.29) is 35.7 Å². The number of aromatic nitrogens is 2. The first-order valence-corrected chi connectivity index (χ1v) is 12.3. The summed E-state index contributed by atoms with van der Waals surface area (Å²) in [6.07, 6.45) is 4.79. The summed E-state index contributed by atoms with van der Waals surface area (Å²) < 4.78 is 24.6. The first-order valence-electron chi connectivity index (χ1n) is 10.1. The highest BCUT2D eigenvalue weighted by Gasteiger charge is 2.41. The minimum Gasteiger partial charge on any atom is -0.381 e. The second-order valence-corrected chi connectivity index (χ2v) is 11.3. The molecule has 1 aromatic rings. The topological polar surface area (TPSA) is 93.9 Å². The van der Waals surface area contributed by atoms with E-state index in [1.165, 1.54) is 10.9 Å². The van der Waals surface area contributed by atoms with Gasteiger partial charge in [-0.1, -0.05) is 11.6 Å². The molecule has 2 amide bonds. The molecular weight excluding hydrogens is 416 g/mol. The molecule has 0 aromatic carbocycles. The Kier molecular flexibility index (Phi) is 5.74. The quantitative estimate of drug-likeness (QED) is 0.713. The van der Waals surface area contributed by atoms with Crippen molar-refractivity contribution in [2.75, 3.05) is 31.7 Å². The number of piperidine rings is 1. The van der Waals surface area contributed by atoms with E-state index in [4.69, 9.17) is 16.3 Å². The fraction of sp³-hybridized carbons (Fsp3) is 0.737. The zero-order valence-corrected chi connectivity index (χ0v) is 18.3. The van der Waals surface area contributed by atoms with E-state index >= 15 is 0 Å². The Morgan fingerprint density at radius 1 is 1.28 bits per heavy atom. The number of amides is 2. The van der Waals surface area contributed by atoms with Gasteiger partial charge < -0.3 is 9.64 Å². The number of carbonyl (C=O) groups excluding carboxylic acids is 2. The van der Waals surface area contributed by atoms with Crippen molar-refractivity contribution in [3.05, 3.63) is 16.9 Å². The Morgan fingerprint density at radius 3 is 2.55 bits per heavy atom. The first kappa shape index (κ1) is 20.8. The van der Waals surface area contributed by atoms with Gasteiger partial charge in [-0.15, -0.1) is 0 Å². The van der Waals surface area contributed by atoms with Gasteiger partial charge >= 0.3 is 0 Å². The predicted octanol–water partition coefficient (Wildman–Crippen LogP) is 1.98. The normalized spacial score (nSPS) is 34.2. The highest BCUT2D eigenvalue weighted by Crippen LogP contribution is 2.34. The van der Waals surface area contributed by atoms with Crippen LogP contribution in [0.1, 0.15) is 36.2 Å². The van der Waals surface area contributed by atoms with Gasteiger partial charge in [0.2, 0.25) is 0 Å². The average Bonchev–Trinajstić information content (AvgIpc) is 3.26. The van der Waals surface area contributed by atoms with E-state index < -0.39 is 9.73 Å². The maximum absolute atomic E-state index is 13.4. The number of fused-ring (bicyclic) bond motifs is 2. The molecular formula is C19H27ClN4O4S. The molecule has 1 aromatic heterocycles. The molecule has 0 spiro atoms. The molecule has 2 aliphatic heterocycles. The van der Waals surface area contributed by atoms with Gasteiger partial charge in [-0.2, -0.15) is 9.46 Å². The number of carbonyl (C=O) groups is 2. The van der Waals surface area contributed by atoms with Crippen LogP contribution in [0, 0.1) is 17.8 Å². The minimum atomic E-state index is -2.60. The number of hydrogen-bond donors (Lipinski definition) is 0. The minimum absolute atomic E-state index is 0.0734. The van der Waals surface area contributed by atoms with E-state index in [2.05, 4.69) is 9.46 Å². The van der Waals surface area contributed by atoms with Crippen molar-refractivity contribution in [1.82, 2.24) is 14.7 Å². The third-order valence-corrected chi connectivity index (χ3v) is 9.10. The predicted molar refractivity (Wildman–Crippen MR) is 109 cm³/mol. The summed E-state index contributed by atoms with van der Waals surface area (Å²) in [4.78, 5) is 27.4. The van der Waals surface area contributed by atoms with Crippen molar-refractivity contribution < 1.29 is 18.5 Å². The second-order valence-electron chi connectivity index (χ2n) is 8.49. The van der Waals surface area contributed by atoms with Crippen LogP contribution in [0.3, 0.4) is 0 Å². The molecule has 3 aliphatic rings. The van der Waals surface area contributed by atoms with E-state index in [0.717, 1.165) is 25.7 Å². The van der Waals surface area contributed by atoms with Crippen molar-refractivity contribution >= 4 is 33.1 Å². The molecule has 4 unspecified atom stereocenters. The zero-order chi connectivity index (χ0) is 20.8. The number of nitrogens with zero attached hydrogens (tertiary/aromatic N) is 4. The molecule has 10 heteroatoms. The maximum atomic E-state index is 13.4. The third kappa shape index (κ3) is 4.09. The fourth-order valence-corrected chi connectivity index (χ4v) is 8.08. The molecule has 29 heavy (non-hydrogen) atoms. The number of methoxy groups -OCH3 is 1. The second kappa shape index (κ2) is 8.00. The summed E-state index contributed by atoms with van der Waals surface area (Å²) in [5, 5.41) is 4.37. The molecule has 1 aliphatic carbocycles. The van der Waals surface area contributed by atoms with Crippen LogP contribution in [0.2, 0.25) is 5.02 Å². The smallest absolute Gasteiger partial charge is 0.273 e. The molecule has 1 saturated carbocycles. The summed E-state index contributed by atoms with van der Waals surface area (Å²) in [6, 6.07) is 0. The highest BCUT2D eigenvalue weighted by atomic mass is 35.5. The third-order valence-electron chi connectivity index (χ3n) is 6.33. The molecule has 0 radical (unpaired) electrons. The molecule has 4 rings (SSSR count). The van der Waals surface area contributed by atoms with Gasteiger partial charge in [-0.05, 0) is 37.5 Å². The van der Waals surface area contributed by atoms with Gasteiger partial charge in [0.25, 0.3) is 11.8 Å². The Labute approximate surface area is 176 Å². The zero-order valence-electron chi connectivity index (χ0n) is 16.8. The van der Waals surface area contributed by atoms with Crippen molar-refractivity contribution in [2.45, 2.75) is 31.8 Å². The number of likely N-dealkylation sites (tertiary alicyclic amines) is 1. The van der Waals surface area contributed by atoms with Crippen LogP contribution >= 0.6 is 11.6 Å². The van der Waals surface area contributed by atoms with Crippen LogP contribution < -0.4 is 0 Å². The number of hydrogen-bond acceptors (Lipinski definition) is 5. The van der Waals surface area contributed by atoms with Gasteiger partial charge in [0.05, 0.1) is 33.0 Å². The lowest BCUT2D eigenvalue weighted by Crippen LogP contribution is -2.51. The summed E-state index contributed by atoms with van der Waals surface area (Å²) in [5.41, 5.74) is 0.374. The Morgan fingerprint density at radius 2 is 1.97 bits per heavy atom. The lowest BCUT2D eigenvalue weighted by atomic mass is 9.91.